The molecule has 0 radical (unpaired) electrons. The van der Waals surface area contributed by atoms with E-state index in [4.69, 9.17) is 21.3 Å². The summed E-state index contributed by atoms with van der Waals surface area (Å²) in [7, 11) is 3.31. The molecule has 2 aromatic carbocycles. The fourth-order valence-electron chi connectivity index (χ4n) is 8.04. The predicted octanol–water partition coefficient (Wildman–Crippen LogP) is 4.83. The number of nitrogens with one attached hydrogen (secondary N) is 4. The van der Waals surface area contributed by atoms with Crippen LogP contribution in [0, 0.1) is 0 Å². The number of carbonyl (C=O) groups is 6. The van der Waals surface area contributed by atoms with Crippen LogP contribution in [0.15, 0.2) is 54.7 Å². The maximum absolute atomic E-state index is 13.3. The summed E-state index contributed by atoms with van der Waals surface area (Å²) < 4.78 is 6.38. The Morgan fingerprint density at radius 3 is 2.61 bits per heavy atom. The second kappa shape index (κ2) is 19.9. The van der Waals surface area contributed by atoms with Gasteiger partial charge in [0.25, 0.3) is 11.8 Å². The highest BCUT2D eigenvalue weighted by Gasteiger charge is 2.40. The molecule has 0 spiro atoms. The number of nitrogens with zero attached hydrogens (tertiary/aromatic N) is 5. The number of likely N-dealkylation sites (N-methyl/N-ethyl adjacent to an activating group) is 1. The minimum atomic E-state index is -0.721. The summed E-state index contributed by atoms with van der Waals surface area (Å²) >= 11 is 7.70. The van der Waals surface area contributed by atoms with E-state index >= 15 is 0 Å². The molecule has 7 rings (SSSR count). The molecule has 2 aromatic heterocycles. The molecule has 0 saturated carbocycles. The first kappa shape index (κ1) is 44.2. The number of hydrogen-bond donors (Lipinski definition) is 4. The van der Waals surface area contributed by atoms with Crippen molar-refractivity contribution in [3.8, 4) is 5.75 Å². The number of ether oxygens (including phenoxy) is 1. The lowest BCUT2D eigenvalue weighted by Gasteiger charge is -2.40. The number of rotatable bonds is 18. The highest BCUT2D eigenvalue weighted by molar-refractivity contribution is 7.16. The third kappa shape index (κ3) is 9.90. The molecule has 62 heavy (non-hydrogen) atoms. The highest BCUT2D eigenvalue weighted by Crippen LogP contribution is 2.37. The quantitative estimate of drug-likeness (QED) is 0.0790. The Kier molecular flexibility index (Phi) is 14.1. The highest BCUT2D eigenvalue weighted by atomic mass is 35.5. The molecule has 326 valence electrons. The van der Waals surface area contributed by atoms with Crippen molar-refractivity contribution in [2.24, 2.45) is 0 Å². The molecule has 18 heteroatoms. The van der Waals surface area contributed by atoms with Crippen molar-refractivity contribution in [1.29, 1.82) is 0 Å². The number of methoxy groups -OCH3 is 1. The largest absolute Gasteiger partial charge is 0.496 e. The number of imide groups is 1. The van der Waals surface area contributed by atoms with E-state index in [9.17, 15) is 28.8 Å². The normalized spacial score (nSPS) is 17.2. The zero-order valence-corrected chi connectivity index (χ0v) is 36.5. The van der Waals surface area contributed by atoms with Gasteiger partial charge >= 0.3 is 0 Å². The van der Waals surface area contributed by atoms with Crippen molar-refractivity contribution in [2.75, 3.05) is 48.9 Å². The lowest BCUT2D eigenvalue weighted by molar-refractivity contribution is -0.137. The van der Waals surface area contributed by atoms with Crippen LogP contribution in [0.3, 0.4) is 0 Å². The van der Waals surface area contributed by atoms with Crippen molar-refractivity contribution in [2.45, 2.75) is 83.5 Å². The molecule has 0 aliphatic carbocycles. The van der Waals surface area contributed by atoms with Crippen LogP contribution in [-0.2, 0) is 38.7 Å². The summed E-state index contributed by atoms with van der Waals surface area (Å²) in [6, 6.07) is 13.2. The van der Waals surface area contributed by atoms with Gasteiger partial charge in [0.1, 0.15) is 29.3 Å². The van der Waals surface area contributed by atoms with Crippen LogP contribution in [0.5, 0.6) is 5.75 Å². The molecule has 1 unspecified atom stereocenters. The predicted molar refractivity (Wildman–Crippen MR) is 236 cm³/mol. The van der Waals surface area contributed by atoms with E-state index in [1.165, 1.54) is 16.2 Å². The lowest BCUT2D eigenvalue weighted by Crippen LogP contribution is -2.52. The maximum Gasteiger partial charge on any atom is 0.255 e. The van der Waals surface area contributed by atoms with E-state index in [-0.39, 0.29) is 55.0 Å². The van der Waals surface area contributed by atoms with E-state index < -0.39 is 11.9 Å². The third-order valence-electron chi connectivity index (χ3n) is 11.3. The van der Waals surface area contributed by atoms with Crippen molar-refractivity contribution in [3.63, 3.8) is 0 Å². The average Bonchev–Trinajstić information content (AvgIpc) is 3.83. The maximum atomic E-state index is 13.3. The first-order chi connectivity index (χ1) is 29.9. The smallest absolute Gasteiger partial charge is 0.255 e. The van der Waals surface area contributed by atoms with E-state index in [0.29, 0.717) is 108 Å². The van der Waals surface area contributed by atoms with Crippen molar-refractivity contribution < 1.29 is 33.5 Å². The summed E-state index contributed by atoms with van der Waals surface area (Å²) in [5.41, 5.74) is 3.58. The monoisotopic (exact) mass is 883 g/mol. The fraction of sp³-hybridized carbons (Fsp3) is 0.409. The topological polar surface area (TPSA) is 195 Å². The average molecular weight is 884 g/mol. The van der Waals surface area contributed by atoms with Gasteiger partial charge in [0.2, 0.25) is 23.6 Å². The van der Waals surface area contributed by atoms with E-state index in [2.05, 4.69) is 26.3 Å². The SMILES string of the molecule is CC[C@@H]1C(=O)N(C)c2cnc(Cc3ccc(C(=O)NCCCNCCCCC(=O)Nc4cccc5c4CN(C4CCC(=O)NC4=O)C5=O)cc3OC)nc2N1Cc1ccc(Cl)s1. The van der Waals surface area contributed by atoms with E-state index in [1.54, 1.807) is 55.6 Å². The van der Waals surface area contributed by atoms with Crippen LogP contribution in [0.25, 0.3) is 0 Å². The number of benzene rings is 2. The Labute approximate surface area is 368 Å². The van der Waals surface area contributed by atoms with Crippen LogP contribution in [0.1, 0.15) is 94.4 Å². The van der Waals surface area contributed by atoms with Gasteiger partial charge in [0, 0.05) is 72.2 Å². The van der Waals surface area contributed by atoms with Crippen molar-refractivity contribution in [1.82, 2.24) is 30.8 Å². The molecule has 3 aliphatic heterocycles. The first-order valence-electron chi connectivity index (χ1n) is 20.8. The number of piperidine rings is 1. The second-order valence-electron chi connectivity index (χ2n) is 15.4. The Hall–Kier alpha value is -5.91. The van der Waals surface area contributed by atoms with Gasteiger partial charge in [-0.15, -0.1) is 11.3 Å². The second-order valence-corrected chi connectivity index (χ2v) is 17.2. The van der Waals surface area contributed by atoms with Crippen LogP contribution >= 0.6 is 22.9 Å². The van der Waals surface area contributed by atoms with Crippen molar-refractivity contribution in [3.05, 3.63) is 92.0 Å². The Balaban J connectivity index is 0.828. The number of carbonyl (C=O) groups excluding carboxylic acids is 6. The van der Waals surface area contributed by atoms with Gasteiger partial charge in [0.15, 0.2) is 5.82 Å². The number of amides is 6. The molecular weight excluding hydrogens is 834 g/mol. The molecule has 2 atom stereocenters. The van der Waals surface area contributed by atoms with Crippen LogP contribution in [0.4, 0.5) is 17.2 Å². The molecule has 5 heterocycles. The Morgan fingerprint density at radius 2 is 1.85 bits per heavy atom. The fourth-order valence-corrected chi connectivity index (χ4v) is 9.12. The Bertz CT molecular complexity index is 2370. The van der Waals surface area contributed by atoms with Crippen molar-refractivity contribution >= 4 is 75.6 Å². The van der Waals surface area contributed by atoms with Gasteiger partial charge in [-0.25, -0.2) is 9.97 Å². The number of hydrogen-bond acceptors (Lipinski definition) is 12. The summed E-state index contributed by atoms with van der Waals surface area (Å²) in [4.78, 5) is 91.9. The van der Waals surface area contributed by atoms with Gasteiger partial charge in [0.05, 0.1) is 24.2 Å². The van der Waals surface area contributed by atoms with Crippen LogP contribution < -0.4 is 35.8 Å². The number of halogens is 1. The molecule has 16 nitrogen and oxygen atoms in total. The molecule has 4 aromatic rings. The molecule has 3 aliphatic rings. The minimum absolute atomic E-state index is 0.0143. The first-order valence-corrected chi connectivity index (χ1v) is 22.0. The third-order valence-corrected chi connectivity index (χ3v) is 12.6. The molecule has 6 amide bonds. The van der Waals surface area contributed by atoms with Gasteiger partial charge in [-0.3, -0.25) is 34.1 Å². The van der Waals surface area contributed by atoms with E-state index in [0.717, 1.165) is 16.9 Å². The number of thiophene rings is 1. The van der Waals surface area contributed by atoms with Gasteiger partial charge in [-0.1, -0.05) is 30.7 Å². The van der Waals surface area contributed by atoms with Gasteiger partial charge in [-0.05, 0) is 81.6 Å². The summed E-state index contributed by atoms with van der Waals surface area (Å²) in [5.74, 6) is 0.268. The minimum Gasteiger partial charge on any atom is -0.496 e. The number of anilines is 3. The summed E-state index contributed by atoms with van der Waals surface area (Å²) in [6.07, 6.45) is 5.54. The van der Waals surface area contributed by atoms with Gasteiger partial charge < -0.3 is 35.4 Å². The molecule has 4 N–H and O–H groups in total. The zero-order chi connectivity index (χ0) is 43.9. The molecular formula is C44H50ClN9O7S. The lowest BCUT2D eigenvalue weighted by atomic mass is 10.0. The molecule has 0 bridgehead atoms. The van der Waals surface area contributed by atoms with Crippen LogP contribution in [0.2, 0.25) is 4.34 Å². The van der Waals surface area contributed by atoms with Crippen LogP contribution in [-0.4, -0.2) is 96.2 Å². The Morgan fingerprint density at radius 1 is 1.03 bits per heavy atom. The summed E-state index contributed by atoms with van der Waals surface area (Å²) in [5, 5.41) is 11.6. The number of aromatic nitrogens is 2. The molecule has 1 saturated heterocycles. The standard InChI is InChI=1S/C44H50ClN9O7S/c1-4-32-44(60)52(2)34-23-48-37(50-40(34)53(32)24-28-14-16-36(45)62-28)22-26-12-13-27(21-35(26)61-3)41(57)47-20-8-19-46-18-6-5-11-38(55)49-31-10-7-9-29-30(31)25-54(43(29)59)33-15-17-39(56)51-42(33)58/h7,9-10,12-14,16,21,23,32-33,46H,4-6,8,11,15,17-20,22,24-25H2,1-3H3,(H,47,57)(H,49,55)(H,51,56,58)/t32-,33?/m1/s1. The van der Waals surface area contributed by atoms with Gasteiger partial charge in [-0.2, -0.15) is 0 Å². The number of fused-ring (bicyclic) bond motifs is 2. The van der Waals surface area contributed by atoms with E-state index in [1.807, 2.05) is 30.0 Å². The summed E-state index contributed by atoms with van der Waals surface area (Å²) in [6.45, 7) is 4.52. The zero-order valence-electron chi connectivity index (χ0n) is 34.9. The number of unbranched alkanes of at least 4 members (excludes halogenated alkanes) is 1. The molecule has 1 fully saturated rings.